The first-order chi connectivity index (χ1) is 7.83. The topological polar surface area (TPSA) is 69.7 Å². The lowest BCUT2D eigenvalue weighted by Crippen LogP contribution is -2.47. The molecule has 0 aromatic heterocycles. The molecule has 0 spiro atoms. The molecule has 5 nitrogen and oxygen atoms in total. The highest BCUT2D eigenvalue weighted by Crippen LogP contribution is 2.49. The Kier molecular flexibility index (Phi) is 5.73. The van der Waals surface area contributed by atoms with Crippen molar-refractivity contribution < 1.29 is 43.6 Å². The molecule has 0 amide bonds. The summed E-state index contributed by atoms with van der Waals surface area (Å²) in [6.07, 6.45) is -5.85. The molecule has 0 rings (SSSR count). The molecular weight excluding hydrogens is 310 g/mol. The SMILES string of the molecule is CCO[PH](=O)C(OS(C)(=O)=O)C(F)(F)C(F)(F)F. The highest BCUT2D eigenvalue weighted by atomic mass is 32.2. The number of halogens is 5. The molecule has 2 atom stereocenters. The monoisotopic (exact) mass is 320 g/mol. The van der Waals surface area contributed by atoms with Gasteiger partial charge in [0.15, 0.2) is 0 Å². The van der Waals surface area contributed by atoms with Crippen LogP contribution in [0.25, 0.3) is 0 Å². The maximum absolute atomic E-state index is 12.9. The van der Waals surface area contributed by atoms with Crippen LogP contribution in [-0.2, 0) is 23.4 Å². The largest absolute Gasteiger partial charge is 0.456 e. The summed E-state index contributed by atoms with van der Waals surface area (Å²) in [6, 6.07) is 0. The summed E-state index contributed by atoms with van der Waals surface area (Å²) in [5.41, 5.74) is 0. The molecule has 0 heterocycles. The van der Waals surface area contributed by atoms with E-state index in [0.717, 1.165) is 0 Å². The van der Waals surface area contributed by atoms with Crippen LogP contribution in [0.3, 0.4) is 0 Å². The maximum atomic E-state index is 12.9. The highest BCUT2D eigenvalue weighted by molar-refractivity contribution is 7.86. The number of alkyl halides is 5. The Balaban J connectivity index is 5.41. The minimum Gasteiger partial charge on any atom is -0.329 e. The van der Waals surface area contributed by atoms with Crippen molar-refractivity contribution in [3.63, 3.8) is 0 Å². The second-order valence-corrected chi connectivity index (χ2v) is 6.10. The predicted molar refractivity (Wildman–Crippen MR) is 51.3 cm³/mol. The van der Waals surface area contributed by atoms with Gasteiger partial charge in [-0.05, 0) is 6.92 Å². The van der Waals surface area contributed by atoms with Crippen LogP contribution in [0.1, 0.15) is 6.92 Å². The van der Waals surface area contributed by atoms with E-state index in [4.69, 9.17) is 0 Å². The molecule has 0 bridgehead atoms. The van der Waals surface area contributed by atoms with E-state index in [1.807, 2.05) is 0 Å². The van der Waals surface area contributed by atoms with Gasteiger partial charge < -0.3 is 4.52 Å². The number of hydrogen-bond donors (Lipinski definition) is 0. The molecule has 0 N–H and O–H groups in total. The predicted octanol–water partition coefficient (Wildman–Crippen LogP) is 2.00. The summed E-state index contributed by atoms with van der Waals surface area (Å²) < 4.78 is 102. The Bertz CT molecular complexity index is 405. The van der Waals surface area contributed by atoms with E-state index >= 15 is 0 Å². The molecule has 0 saturated carbocycles. The average molecular weight is 320 g/mol. The Morgan fingerprint density at radius 1 is 1.22 bits per heavy atom. The van der Waals surface area contributed by atoms with Gasteiger partial charge in [0.2, 0.25) is 13.9 Å². The van der Waals surface area contributed by atoms with Crippen LogP contribution in [0.5, 0.6) is 0 Å². The molecule has 0 aliphatic carbocycles. The molecule has 18 heavy (non-hydrogen) atoms. The van der Waals surface area contributed by atoms with Gasteiger partial charge in [0, 0.05) is 0 Å². The summed E-state index contributed by atoms with van der Waals surface area (Å²) in [4.78, 5) is 0. The van der Waals surface area contributed by atoms with E-state index in [1.165, 1.54) is 6.92 Å². The molecule has 0 saturated heterocycles. The van der Waals surface area contributed by atoms with Crippen LogP contribution in [0.4, 0.5) is 22.0 Å². The van der Waals surface area contributed by atoms with Crippen molar-refractivity contribution in [2.75, 3.05) is 12.9 Å². The maximum Gasteiger partial charge on any atom is 0.456 e. The van der Waals surface area contributed by atoms with Crippen molar-refractivity contribution in [2.45, 2.75) is 24.9 Å². The Morgan fingerprint density at radius 2 is 1.67 bits per heavy atom. The van der Waals surface area contributed by atoms with E-state index in [0.29, 0.717) is 0 Å². The molecule has 12 heteroatoms. The van der Waals surface area contributed by atoms with Crippen LogP contribution < -0.4 is 0 Å². The third kappa shape index (κ3) is 4.79. The first-order valence-electron chi connectivity index (χ1n) is 4.32. The van der Waals surface area contributed by atoms with Crippen LogP contribution in [0.2, 0.25) is 0 Å². The van der Waals surface area contributed by atoms with Crippen LogP contribution in [0, 0.1) is 0 Å². The Morgan fingerprint density at radius 3 is 1.94 bits per heavy atom. The summed E-state index contributed by atoms with van der Waals surface area (Å²) in [7, 11) is -8.74. The smallest absolute Gasteiger partial charge is 0.329 e. The van der Waals surface area contributed by atoms with Gasteiger partial charge in [-0.25, -0.2) is 4.18 Å². The lowest BCUT2D eigenvalue weighted by Gasteiger charge is -2.26. The number of rotatable bonds is 6. The normalized spacial score (nSPS) is 17.5. The molecule has 110 valence electrons. The fourth-order valence-electron chi connectivity index (χ4n) is 0.789. The molecule has 0 radical (unpaired) electrons. The minimum atomic E-state index is -6.11. The minimum absolute atomic E-state index is 0.257. The fraction of sp³-hybridized carbons (Fsp3) is 1.00. The van der Waals surface area contributed by atoms with E-state index in [-0.39, 0.29) is 6.26 Å². The van der Waals surface area contributed by atoms with Crippen molar-refractivity contribution in [1.29, 1.82) is 0 Å². The summed E-state index contributed by atoms with van der Waals surface area (Å²) in [5, 5.41) is 0. The second kappa shape index (κ2) is 5.81. The molecule has 2 unspecified atom stereocenters. The van der Waals surface area contributed by atoms with E-state index in [2.05, 4.69) is 8.71 Å². The van der Waals surface area contributed by atoms with Gasteiger partial charge in [-0.2, -0.15) is 30.4 Å². The van der Waals surface area contributed by atoms with E-state index in [9.17, 15) is 34.9 Å². The summed E-state index contributed by atoms with van der Waals surface area (Å²) >= 11 is 0. The van der Waals surface area contributed by atoms with Crippen molar-refractivity contribution in [1.82, 2.24) is 0 Å². The third-order valence-corrected chi connectivity index (χ3v) is 3.67. The van der Waals surface area contributed by atoms with Gasteiger partial charge in [-0.1, -0.05) is 0 Å². The van der Waals surface area contributed by atoms with Crippen molar-refractivity contribution in [3.05, 3.63) is 0 Å². The zero-order chi connectivity index (χ0) is 14.8. The van der Waals surface area contributed by atoms with Gasteiger partial charge in [0.05, 0.1) is 12.9 Å². The van der Waals surface area contributed by atoms with Gasteiger partial charge in [-0.15, -0.1) is 0 Å². The van der Waals surface area contributed by atoms with E-state index in [1.54, 1.807) is 0 Å². The van der Waals surface area contributed by atoms with Crippen molar-refractivity contribution in [2.24, 2.45) is 0 Å². The summed E-state index contributed by atoms with van der Waals surface area (Å²) in [6.45, 7) is 0.751. The quantitative estimate of drug-likeness (QED) is 0.425. The second-order valence-electron chi connectivity index (χ2n) is 3.05. The lowest BCUT2D eigenvalue weighted by atomic mass is 10.3. The third-order valence-electron chi connectivity index (χ3n) is 1.48. The fourth-order valence-corrected chi connectivity index (χ4v) is 2.99. The zero-order valence-corrected chi connectivity index (χ0v) is 10.9. The van der Waals surface area contributed by atoms with Crippen LogP contribution in [0.15, 0.2) is 0 Å². The zero-order valence-electron chi connectivity index (χ0n) is 9.12. The molecule has 0 aromatic rings. The van der Waals surface area contributed by atoms with Gasteiger partial charge in [0.1, 0.15) is 0 Å². The average Bonchev–Trinajstić information content (AvgIpc) is 2.11. The number of hydrogen-bond acceptors (Lipinski definition) is 5. The first-order valence-corrected chi connectivity index (χ1v) is 7.53. The highest BCUT2D eigenvalue weighted by Gasteiger charge is 2.66. The first kappa shape index (κ1) is 17.8. The Labute approximate surface area is 100 Å². The van der Waals surface area contributed by atoms with Crippen LogP contribution >= 0.6 is 8.03 Å². The molecule has 0 fully saturated rings. The lowest BCUT2D eigenvalue weighted by molar-refractivity contribution is -0.297. The molecule has 0 aliphatic heterocycles. The molecule has 0 aromatic carbocycles. The van der Waals surface area contributed by atoms with Crippen molar-refractivity contribution >= 4 is 18.1 Å². The van der Waals surface area contributed by atoms with Gasteiger partial charge in [0.25, 0.3) is 10.1 Å². The Hall–Kier alpha value is -0.250. The molecular formula is C6H10F5O5PS. The van der Waals surface area contributed by atoms with Gasteiger partial charge >= 0.3 is 12.1 Å². The molecule has 0 aliphatic rings. The standard InChI is InChI=1S/C6H10F5O5PS/c1-3-15-17(12)4(16-18(2,13)14)5(7,8)6(9,10)11/h4,17H,3H2,1-2H3. The summed E-state index contributed by atoms with van der Waals surface area (Å²) in [5.74, 6) is -9.03. The van der Waals surface area contributed by atoms with E-state index < -0.39 is 42.7 Å². The van der Waals surface area contributed by atoms with Gasteiger partial charge in [-0.3, -0.25) is 4.57 Å². The van der Waals surface area contributed by atoms with Crippen LogP contribution in [-0.4, -0.2) is 39.2 Å². The van der Waals surface area contributed by atoms with Crippen molar-refractivity contribution in [3.8, 4) is 0 Å².